The molecule has 3 heterocycles. The van der Waals surface area contributed by atoms with Crippen molar-refractivity contribution in [3.8, 4) is 0 Å². The van der Waals surface area contributed by atoms with E-state index in [9.17, 15) is 4.79 Å². The molecule has 2 aromatic heterocycles. The van der Waals surface area contributed by atoms with Crippen molar-refractivity contribution in [1.82, 2.24) is 25.1 Å². The van der Waals surface area contributed by atoms with Crippen LogP contribution in [0.25, 0.3) is 0 Å². The number of aromatic nitrogens is 4. The molecule has 0 unspecified atom stereocenters. The molecule has 7 heteroatoms. The van der Waals surface area contributed by atoms with E-state index in [1.54, 1.807) is 0 Å². The fourth-order valence-electron chi connectivity index (χ4n) is 2.79. The number of nitrogens with zero attached hydrogens (tertiary/aromatic N) is 4. The molecule has 0 aromatic carbocycles. The van der Waals surface area contributed by atoms with Crippen molar-refractivity contribution in [2.24, 2.45) is 0 Å². The lowest BCUT2D eigenvalue weighted by Crippen LogP contribution is -2.24. The molecule has 124 valence electrons. The number of amides is 1. The third kappa shape index (κ3) is 3.44. The van der Waals surface area contributed by atoms with Gasteiger partial charge in [0.2, 0.25) is 0 Å². The van der Waals surface area contributed by atoms with Gasteiger partial charge in [-0.05, 0) is 19.8 Å². The van der Waals surface area contributed by atoms with Gasteiger partial charge in [-0.15, -0.1) is 21.5 Å². The third-order valence-corrected chi connectivity index (χ3v) is 5.56. The van der Waals surface area contributed by atoms with Crippen LogP contribution >= 0.6 is 11.3 Å². The van der Waals surface area contributed by atoms with Crippen molar-refractivity contribution < 1.29 is 4.79 Å². The Kier molecular flexibility index (Phi) is 4.75. The topological polar surface area (TPSA) is 72.7 Å². The summed E-state index contributed by atoms with van der Waals surface area (Å²) in [6, 6.07) is 0. The Hall–Kier alpha value is -1.76. The van der Waals surface area contributed by atoms with Gasteiger partial charge in [-0.1, -0.05) is 20.3 Å². The first-order chi connectivity index (χ1) is 11.1. The summed E-state index contributed by atoms with van der Waals surface area (Å²) in [5, 5.41) is 12.5. The molecule has 6 nitrogen and oxygen atoms in total. The summed E-state index contributed by atoms with van der Waals surface area (Å²) in [6.07, 6.45) is 4.53. The Morgan fingerprint density at radius 2 is 2.13 bits per heavy atom. The van der Waals surface area contributed by atoms with Gasteiger partial charge < -0.3 is 9.88 Å². The lowest BCUT2D eigenvalue weighted by molar-refractivity contribution is 0.0952. The van der Waals surface area contributed by atoms with Gasteiger partial charge in [-0.3, -0.25) is 4.79 Å². The van der Waals surface area contributed by atoms with Crippen LogP contribution in [0.5, 0.6) is 0 Å². The smallest absolute Gasteiger partial charge is 0.263 e. The number of carbonyl (C=O) groups excluding carboxylic acids is 1. The predicted octanol–water partition coefficient (Wildman–Crippen LogP) is 2.82. The van der Waals surface area contributed by atoms with Gasteiger partial charge in [0.25, 0.3) is 5.91 Å². The molecular formula is C16H23N5OS. The summed E-state index contributed by atoms with van der Waals surface area (Å²) < 4.78 is 2.16. The summed E-state index contributed by atoms with van der Waals surface area (Å²) in [5.74, 6) is 2.16. The SMILES string of the molecule is Cc1nc(C(C)C)sc1C(=O)NCc1nnc2n1CCCCC2. The van der Waals surface area contributed by atoms with E-state index in [2.05, 4.69) is 38.9 Å². The van der Waals surface area contributed by atoms with Gasteiger partial charge in [0.05, 0.1) is 17.2 Å². The number of hydrogen-bond acceptors (Lipinski definition) is 5. The summed E-state index contributed by atoms with van der Waals surface area (Å²) in [7, 11) is 0. The molecule has 0 fully saturated rings. The second-order valence-corrected chi connectivity index (χ2v) is 7.33. The van der Waals surface area contributed by atoms with Crippen LogP contribution in [-0.4, -0.2) is 25.7 Å². The first kappa shape index (κ1) is 16.1. The summed E-state index contributed by atoms with van der Waals surface area (Å²) in [4.78, 5) is 17.6. The average Bonchev–Trinajstić information content (AvgIpc) is 3.01. The van der Waals surface area contributed by atoms with Crippen molar-refractivity contribution in [3.05, 3.63) is 27.2 Å². The quantitative estimate of drug-likeness (QED) is 0.934. The highest BCUT2D eigenvalue weighted by atomic mass is 32.1. The number of fused-ring (bicyclic) bond motifs is 1. The molecule has 1 aliphatic rings. The molecule has 0 saturated heterocycles. The van der Waals surface area contributed by atoms with Crippen molar-refractivity contribution in [2.75, 3.05) is 0 Å². The molecule has 1 amide bonds. The lowest BCUT2D eigenvalue weighted by Gasteiger charge is -2.07. The van der Waals surface area contributed by atoms with Crippen LogP contribution in [0.1, 0.15) is 71.0 Å². The van der Waals surface area contributed by atoms with Crippen molar-refractivity contribution >= 4 is 17.2 Å². The minimum absolute atomic E-state index is 0.0714. The number of nitrogens with one attached hydrogen (secondary N) is 1. The standard InChI is InChI=1S/C16H23N5OS/c1-10(2)16-18-11(3)14(23-16)15(22)17-9-13-20-19-12-7-5-4-6-8-21(12)13/h10H,4-9H2,1-3H3,(H,17,22). The van der Waals surface area contributed by atoms with Gasteiger partial charge in [-0.25, -0.2) is 4.98 Å². The molecular weight excluding hydrogens is 310 g/mol. The highest BCUT2D eigenvalue weighted by Gasteiger charge is 2.19. The molecule has 0 saturated carbocycles. The van der Waals surface area contributed by atoms with Gasteiger partial charge in [0.1, 0.15) is 10.7 Å². The minimum Gasteiger partial charge on any atom is -0.344 e. The van der Waals surface area contributed by atoms with Crippen LogP contribution in [0.2, 0.25) is 0 Å². The molecule has 0 aliphatic carbocycles. The molecule has 0 spiro atoms. The number of hydrogen-bond donors (Lipinski definition) is 1. The fraction of sp³-hybridized carbons (Fsp3) is 0.625. The summed E-state index contributed by atoms with van der Waals surface area (Å²) >= 11 is 1.48. The highest BCUT2D eigenvalue weighted by molar-refractivity contribution is 7.13. The number of aryl methyl sites for hydroxylation is 2. The molecule has 3 rings (SSSR count). The molecule has 2 aromatic rings. The lowest BCUT2D eigenvalue weighted by atomic mass is 10.2. The van der Waals surface area contributed by atoms with E-state index in [-0.39, 0.29) is 5.91 Å². The number of thiazole rings is 1. The second-order valence-electron chi connectivity index (χ2n) is 6.30. The molecule has 0 bridgehead atoms. The predicted molar refractivity (Wildman–Crippen MR) is 89.7 cm³/mol. The van der Waals surface area contributed by atoms with E-state index in [1.165, 1.54) is 24.2 Å². The maximum Gasteiger partial charge on any atom is 0.263 e. The minimum atomic E-state index is -0.0714. The maximum absolute atomic E-state index is 12.4. The number of rotatable bonds is 4. The molecule has 23 heavy (non-hydrogen) atoms. The second kappa shape index (κ2) is 6.78. The summed E-state index contributed by atoms with van der Waals surface area (Å²) in [5.41, 5.74) is 0.802. The Balaban J connectivity index is 1.69. The molecule has 1 aliphatic heterocycles. The van der Waals surface area contributed by atoms with Crippen molar-refractivity contribution in [2.45, 2.75) is 65.5 Å². The fourth-order valence-corrected chi connectivity index (χ4v) is 3.78. The number of carbonyl (C=O) groups is 1. The maximum atomic E-state index is 12.4. The van der Waals surface area contributed by atoms with E-state index in [0.29, 0.717) is 17.3 Å². The zero-order chi connectivity index (χ0) is 16.4. The Labute approximate surface area is 140 Å². The average molecular weight is 333 g/mol. The van der Waals surface area contributed by atoms with Crippen LogP contribution < -0.4 is 5.32 Å². The molecule has 0 radical (unpaired) electrons. The largest absolute Gasteiger partial charge is 0.344 e. The van der Waals surface area contributed by atoms with Crippen LogP contribution in [0.3, 0.4) is 0 Å². The zero-order valence-electron chi connectivity index (χ0n) is 13.9. The monoisotopic (exact) mass is 333 g/mol. The normalized spacial score (nSPS) is 14.6. The van der Waals surface area contributed by atoms with Crippen LogP contribution in [0.15, 0.2) is 0 Å². The van der Waals surface area contributed by atoms with Gasteiger partial charge >= 0.3 is 0 Å². The first-order valence-electron chi connectivity index (χ1n) is 8.22. The Bertz CT molecular complexity index is 703. The highest BCUT2D eigenvalue weighted by Crippen LogP contribution is 2.24. The van der Waals surface area contributed by atoms with Crippen LogP contribution in [0.4, 0.5) is 0 Å². The van der Waals surface area contributed by atoms with E-state index >= 15 is 0 Å². The third-order valence-electron chi connectivity index (χ3n) is 4.11. The molecule has 1 N–H and O–H groups in total. The van der Waals surface area contributed by atoms with Crippen molar-refractivity contribution in [3.63, 3.8) is 0 Å². The van der Waals surface area contributed by atoms with Gasteiger partial charge in [0.15, 0.2) is 5.82 Å². The van der Waals surface area contributed by atoms with Crippen LogP contribution in [0, 0.1) is 6.92 Å². The van der Waals surface area contributed by atoms with Crippen molar-refractivity contribution in [1.29, 1.82) is 0 Å². The van der Waals surface area contributed by atoms with Crippen LogP contribution in [-0.2, 0) is 19.5 Å². The van der Waals surface area contributed by atoms with Gasteiger partial charge in [0, 0.05) is 18.9 Å². The Morgan fingerprint density at radius 1 is 1.30 bits per heavy atom. The summed E-state index contributed by atoms with van der Waals surface area (Å²) in [6.45, 7) is 7.43. The van der Waals surface area contributed by atoms with E-state index in [0.717, 1.165) is 41.7 Å². The van der Waals surface area contributed by atoms with Gasteiger partial charge in [-0.2, -0.15) is 0 Å². The Morgan fingerprint density at radius 3 is 2.87 bits per heavy atom. The molecule has 0 atom stereocenters. The van der Waals surface area contributed by atoms with E-state index in [1.807, 2.05) is 6.92 Å². The first-order valence-corrected chi connectivity index (χ1v) is 9.04. The van der Waals surface area contributed by atoms with E-state index in [4.69, 9.17) is 0 Å². The van der Waals surface area contributed by atoms with E-state index < -0.39 is 0 Å². The zero-order valence-corrected chi connectivity index (χ0v) is 14.7.